The van der Waals surface area contributed by atoms with Crippen LogP contribution in [-0.2, 0) is 0 Å². The van der Waals surface area contributed by atoms with Crippen molar-refractivity contribution in [3.05, 3.63) is 50.5 Å². The van der Waals surface area contributed by atoms with Gasteiger partial charge in [-0.3, -0.25) is 14.9 Å². The number of carbonyl (C=O) groups excluding carboxylic acids is 1. The fourth-order valence-electron chi connectivity index (χ4n) is 1.07. The number of nitrogens with one attached hydrogen (secondary N) is 1. The number of halogens is 2. The molecule has 7 heteroatoms. The molecule has 0 aliphatic heterocycles. The van der Waals surface area contributed by atoms with Crippen LogP contribution in [0.1, 0.15) is 10.4 Å². The van der Waals surface area contributed by atoms with E-state index < -0.39 is 10.8 Å². The van der Waals surface area contributed by atoms with E-state index in [0.717, 1.165) is 6.07 Å². The molecular formula is C10H8Cl2N2O3. The lowest BCUT2D eigenvalue weighted by Crippen LogP contribution is -2.24. The van der Waals surface area contributed by atoms with Crippen molar-refractivity contribution in [2.45, 2.75) is 0 Å². The van der Waals surface area contributed by atoms with Crippen molar-refractivity contribution >= 4 is 34.8 Å². The predicted octanol–water partition coefficient (Wildman–Crippen LogP) is 2.73. The van der Waals surface area contributed by atoms with Gasteiger partial charge in [-0.1, -0.05) is 29.8 Å². The molecule has 0 fully saturated rings. The van der Waals surface area contributed by atoms with Gasteiger partial charge >= 0.3 is 0 Å². The summed E-state index contributed by atoms with van der Waals surface area (Å²) in [6.07, 6.45) is 0. The van der Waals surface area contributed by atoms with Crippen LogP contribution >= 0.6 is 23.2 Å². The SMILES string of the molecule is C=C(Cl)CNC(=O)c1ccc(Cl)c([N+](=O)[O-])c1. The van der Waals surface area contributed by atoms with Crippen molar-refractivity contribution in [2.75, 3.05) is 6.54 Å². The molecule has 17 heavy (non-hydrogen) atoms. The van der Waals surface area contributed by atoms with Crippen molar-refractivity contribution < 1.29 is 9.72 Å². The van der Waals surface area contributed by atoms with Gasteiger partial charge in [0.1, 0.15) is 5.02 Å². The van der Waals surface area contributed by atoms with E-state index in [1.54, 1.807) is 0 Å². The Morgan fingerprint density at radius 2 is 2.18 bits per heavy atom. The van der Waals surface area contributed by atoms with Gasteiger partial charge in [0.2, 0.25) is 0 Å². The molecule has 0 unspecified atom stereocenters. The van der Waals surface area contributed by atoms with Gasteiger partial charge in [-0.05, 0) is 12.1 Å². The lowest BCUT2D eigenvalue weighted by atomic mass is 10.2. The van der Waals surface area contributed by atoms with Gasteiger partial charge in [-0.15, -0.1) is 0 Å². The van der Waals surface area contributed by atoms with E-state index >= 15 is 0 Å². The van der Waals surface area contributed by atoms with E-state index in [0.29, 0.717) is 0 Å². The molecular weight excluding hydrogens is 267 g/mol. The maximum Gasteiger partial charge on any atom is 0.288 e. The highest BCUT2D eigenvalue weighted by molar-refractivity contribution is 6.32. The first kappa shape index (κ1) is 13.5. The average Bonchev–Trinajstić information content (AvgIpc) is 2.26. The Balaban J connectivity index is 2.92. The maximum atomic E-state index is 11.6. The first-order chi connectivity index (χ1) is 7.91. The Kier molecular flexibility index (Phi) is 4.48. The summed E-state index contributed by atoms with van der Waals surface area (Å²) in [5.41, 5.74) is -0.178. The van der Waals surface area contributed by atoms with E-state index in [4.69, 9.17) is 23.2 Å². The third-order valence-corrected chi connectivity index (χ3v) is 2.30. The van der Waals surface area contributed by atoms with Crippen LogP contribution in [0.3, 0.4) is 0 Å². The van der Waals surface area contributed by atoms with Crippen LogP contribution in [0.2, 0.25) is 5.02 Å². The summed E-state index contributed by atoms with van der Waals surface area (Å²) in [6, 6.07) is 3.79. The van der Waals surface area contributed by atoms with Crippen molar-refractivity contribution in [3.8, 4) is 0 Å². The monoisotopic (exact) mass is 274 g/mol. The zero-order valence-electron chi connectivity index (χ0n) is 8.57. The first-order valence-corrected chi connectivity index (χ1v) is 5.23. The normalized spacial score (nSPS) is 9.76. The molecule has 0 aliphatic rings. The quantitative estimate of drug-likeness (QED) is 0.678. The Morgan fingerprint density at radius 3 is 2.71 bits per heavy atom. The summed E-state index contributed by atoms with van der Waals surface area (Å²) < 4.78 is 0. The Morgan fingerprint density at radius 1 is 1.53 bits per heavy atom. The van der Waals surface area contributed by atoms with Crippen LogP contribution in [0.25, 0.3) is 0 Å². The van der Waals surface area contributed by atoms with E-state index in [1.165, 1.54) is 12.1 Å². The molecule has 1 rings (SSSR count). The highest BCUT2D eigenvalue weighted by Gasteiger charge is 2.15. The molecule has 5 nitrogen and oxygen atoms in total. The Labute approximate surface area is 107 Å². The second kappa shape index (κ2) is 5.65. The average molecular weight is 275 g/mol. The van der Waals surface area contributed by atoms with Gasteiger partial charge < -0.3 is 5.32 Å². The van der Waals surface area contributed by atoms with E-state index in [9.17, 15) is 14.9 Å². The van der Waals surface area contributed by atoms with Crippen molar-refractivity contribution in [3.63, 3.8) is 0 Å². The van der Waals surface area contributed by atoms with E-state index in [-0.39, 0.29) is 27.9 Å². The molecule has 90 valence electrons. The van der Waals surface area contributed by atoms with Crippen LogP contribution < -0.4 is 5.32 Å². The minimum Gasteiger partial charge on any atom is -0.347 e. The van der Waals surface area contributed by atoms with Gasteiger partial charge in [0.25, 0.3) is 11.6 Å². The Bertz CT molecular complexity index is 488. The molecule has 0 atom stereocenters. The van der Waals surface area contributed by atoms with Crippen molar-refractivity contribution in [2.24, 2.45) is 0 Å². The molecule has 1 aromatic rings. The molecule has 1 amide bonds. The highest BCUT2D eigenvalue weighted by Crippen LogP contribution is 2.24. The van der Waals surface area contributed by atoms with Gasteiger partial charge in [-0.2, -0.15) is 0 Å². The minimum absolute atomic E-state index is 0.0201. The van der Waals surface area contributed by atoms with Crippen LogP contribution in [0.4, 0.5) is 5.69 Å². The smallest absolute Gasteiger partial charge is 0.288 e. The summed E-state index contributed by atoms with van der Waals surface area (Å²) in [5.74, 6) is -0.480. The van der Waals surface area contributed by atoms with Gasteiger partial charge in [-0.25, -0.2) is 0 Å². The van der Waals surface area contributed by atoms with Gasteiger partial charge in [0, 0.05) is 16.7 Å². The molecule has 0 radical (unpaired) electrons. The molecule has 0 aromatic heterocycles. The predicted molar refractivity (Wildman–Crippen MR) is 65.4 cm³/mol. The number of amides is 1. The standard InChI is InChI=1S/C10H8Cl2N2O3/c1-6(11)5-13-10(15)7-2-3-8(12)9(4-7)14(16)17/h2-4H,1,5H2,(H,13,15). The van der Waals surface area contributed by atoms with Crippen LogP contribution in [0.5, 0.6) is 0 Å². The number of rotatable bonds is 4. The third-order valence-electron chi connectivity index (χ3n) is 1.85. The second-order valence-corrected chi connectivity index (χ2v) is 4.06. The molecule has 1 aromatic carbocycles. The summed E-state index contributed by atoms with van der Waals surface area (Å²) >= 11 is 11.1. The summed E-state index contributed by atoms with van der Waals surface area (Å²) in [5, 5.41) is 13.3. The molecule has 0 heterocycles. The molecule has 0 saturated carbocycles. The molecule has 0 bridgehead atoms. The largest absolute Gasteiger partial charge is 0.347 e. The fraction of sp³-hybridized carbons (Fsp3) is 0.100. The first-order valence-electron chi connectivity index (χ1n) is 4.47. The molecule has 0 spiro atoms. The number of nitro groups is 1. The zero-order valence-corrected chi connectivity index (χ0v) is 10.1. The number of carbonyl (C=O) groups is 1. The highest BCUT2D eigenvalue weighted by atomic mass is 35.5. The Hall–Kier alpha value is -1.59. The molecule has 0 aliphatic carbocycles. The van der Waals surface area contributed by atoms with Gasteiger partial charge in [0.15, 0.2) is 0 Å². The lowest BCUT2D eigenvalue weighted by molar-refractivity contribution is -0.384. The van der Waals surface area contributed by atoms with Crippen molar-refractivity contribution in [1.29, 1.82) is 0 Å². The summed E-state index contributed by atoms with van der Waals surface area (Å²) in [7, 11) is 0. The number of nitro benzene ring substituents is 1. The number of benzene rings is 1. The topological polar surface area (TPSA) is 72.2 Å². The third kappa shape index (κ3) is 3.72. The van der Waals surface area contributed by atoms with Crippen molar-refractivity contribution in [1.82, 2.24) is 5.32 Å². The zero-order chi connectivity index (χ0) is 13.0. The molecule has 1 N–H and O–H groups in total. The maximum absolute atomic E-state index is 11.6. The second-order valence-electron chi connectivity index (χ2n) is 3.12. The van der Waals surface area contributed by atoms with E-state index in [2.05, 4.69) is 11.9 Å². The van der Waals surface area contributed by atoms with Crippen LogP contribution in [0.15, 0.2) is 29.8 Å². The number of nitrogens with zero attached hydrogens (tertiary/aromatic N) is 1. The molecule has 0 saturated heterocycles. The van der Waals surface area contributed by atoms with Gasteiger partial charge in [0.05, 0.1) is 11.5 Å². The number of hydrogen-bond acceptors (Lipinski definition) is 3. The number of hydrogen-bond donors (Lipinski definition) is 1. The van der Waals surface area contributed by atoms with E-state index in [1.807, 2.05) is 0 Å². The minimum atomic E-state index is -0.653. The summed E-state index contributed by atoms with van der Waals surface area (Å²) in [4.78, 5) is 21.5. The lowest BCUT2D eigenvalue weighted by Gasteiger charge is -2.04. The van der Waals surface area contributed by atoms with Crippen LogP contribution in [0, 0.1) is 10.1 Å². The van der Waals surface area contributed by atoms with Crippen LogP contribution in [-0.4, -0.2) is 17.4 Å². The fourth-order valence-corrected chi connectivity index (χ4v) is 1.33. The summed E-state index contributed by atoms with van der Waals surface area (Å²) in [6.45, 7) is 3.50.